The summed E-state index contributed by atoms with van der Waals surface area (Å²) in [7, 11) is 0. The number of rotatable bonds is 3. The third-order valence-electron chi connectivity index (χ3n) is 3.86. The molecule has 0 spiro atoms. The van der Waals surface area contributed by atoms with Gasteiger partial charge in [-0.15, -0.1) is 0 Å². The van der Waals surface area contributed by atoms with Crippen molar-refractivity contribution >= 4 is 17.3 Å². The number of nitrogens with one attached hydrogen (secondary N) is 1. The van der Waals surface area contributed by atoms with E-state index in [1.165, 1.54) is 12.1 Å². The maximum absolute atomic E-state index is 10.6. The molecule has 1 aliphatic heterocycles. The highest BCUT2D eigenvalue weighted by atomic mass is 16.6. The molecule has 1 saturated heterocycles. The molecule has 19 heavy (non-hydrogen) atoms. The number of pyridine rings is 1. The van der Waals surface area contributed by atoms with Gasteiger partial charge in [0.2, 0.25) is 5.82 Å². The van der Waals surface area contributed by atoms with Crippen molar-refractivity contribution < 1.29 is 9.66 Å². The predicted molar refractivity (Wildman–Crippen MR) is 68.5 cm³/mol. The lowest BCUT2D eigenvalue weighted by atomic mass is 9.72. The summed E-state index contributed by atoms with van der Waals surface area (Å²) in [6.07, 6.45) is 1.09. The Bertz CT molecular complexity index is 523. The van der Waals surface area contributed by atoms with Crippen molar-refractivity contribution in [3.05, 3.63) is 22.2 Å². The Kier molecular flexibility index (Phi) is 2.76. The van der Waals surface area contributed by atoms with Gasteiger partial charge in [0.25, 0.3) is 0 Å². The molecule has 4 unspecified atom stereocenters. The summed E-state index contributed by atoms with van der Waals surface area (Å²) >= 11 is 0. The zero-order valence-corrected chi connectivity index (χ0v) is 10.2. The fourth-order valence-corrected chi connectivity index (χ4v) is 2.80. The third-order valence-corrected chi connectivity index (χ3v) is 3.86. The Balaban J connectivity index is 1.74. The molecule has 2 aliphatic rings. The topological polar surface area (TPSA) is 129 Å². The average Bonchev–Trinajstić information content (AvgIpc) is 2.80. The van der Waals surface area contributed by atoms with E-state index in [-0.39, 0.29) is 29.7 Å². The van der Waals surface area contributed by atoms with Gasteiger partial charge >= 0.3 is 5.69 Å². The number of nitrogens with zero attached hydrogens (tertiary/aromatic N) is 2. The summed E-state index contributed by atoms with van der Waals surface area (Å²) in [5.41, 5.74) is 11.4. The molecule has 5 N–H and O–H groups in total. The molecule has 0 amide bonds. The van der Waals surface area contributed by atoms with Gasteiger partial charge in [-0.2, -0.15) is 0 Å². The molecule has 0 aromatic carbocycles. The molecular formula is C11H15N5O3. The van der Waals surface area contributed by atoms with Crippen molar-refractivity contribution in [3.63, 3.8) is 0 Å². The molecule has 0 radical (unpaired) electrons. The largest absolute Gasteiger partial charge is 0.378 e. The fraction of sp³-hybridized carbons (Fsp3) is 0.545. The van der Waals surface area contributed by atoms with E-state index in [0.29, 0.717) is 11.7 Å². The second-order valence-electron chi connectivity index (χ2n) is 4.89. The Morgan fingerprint density at radius 2 is 2.32 bits per heavy atom. The molecule has 102 valence electrons. The normalized spacial score (nSPS) is 32.5. The molecule has 1 saturated carbocycles. The van der Waals surface area contributed by atoms with Crippen molar-refractivity contribution in [1.82, 2.24) is 4.98 Å². The Labute approximate surface area is 109 Å². The second-order valence-corrected chi connectivity index (χ2v) is 4.89. The van der Waals surface area contributed by atoms with Gasteiger partial charge < -0.3 is 21.5 Å². The van der Waals surface area contributed by atoms with Crippen LogP contribution in [0.15, 0.2) is 12.1 Å². The van der Waals surface area contributed by atoms with Gasteiger partial charge in [0, 0.05) is 24.6 Å². The summed E-state index contributed by atoms with van der Waals surface area (Å²) in [6.45, 7) is 0.733. The summed E-state index contributed by atoms with van der Waals surface area (Å²) in [6, 6.07) is 2.87. The van der Waals surface area contributed by atoms with Crippen LogP contribution in [-0.4, -0.2) is 34.7 Å². The Morgan fingerprint density at radius 1 is 1.53 bits per heavy atom. The highest BCUT2D eigenvalue weighted by molar-refractivity contribution is 5.57. The van der Waals surface area contributed by atoms with E-state index in [9.17, 15) is 10.1 Å². The molecule has 1 aliphatic carbocycles. The first kappa shape index (κ1) is 12.1. The van der Waals surface area contributed by atoms with Gasteiger partial charge in [-0.3, -0.25) is 10.1 Å². The second kappa shape index (κ2) is 4.32. The summed E-state index contributed by atoms with van der Waals surface area (Å²) in [5.74, 6) is 0.775. The average molecular weight is 265 g/mol. The van der Waals surface area contributed by atoms with Crippen LogP contribution in [0.25, 0.3) is 0 Å². The van der Waals surface area contributed by atoms with Crippen molar-refractivity contribution in [1.29, 1.82) is 0 Å². The molecule has 8 nitrogen and oxygen atoms in total. The molecule has 4 atom stereocenters. The van der Waals surface area contributed by atoms with Crippen molar-refractivity contribution in [2.24, 2.45) is 11.7 Å². The van der Waals surface area contributed by atoms with Gasteiger partial charge in [-0.25, -0.2) is 4.98 Å². The smallest absolute Gasteiger partial charge is 0.311 e. The van der Waals surface area contributed by atoms with Crippen LogP contribution in [0.3, 0.4) is 0 Å². The summed E-state index contributed by atoms with van der Waals surface area (Å²) < 4.78 is 5.59. The van der Waals surface area contributed by atoms with Gasteiger partial charge in [0.15, 0.2) is 0 Å². The summed E-state index contributed by atoms with van der Waals surface area (Å²) in [4.78, 5) is 14.1. The Morgan fingerprint density at radius 3 is 3.00 bits per heavy atom. The summed E-state index contributed by atoms with van der Waals surface area (Å²) in [5, 5.41) is 13.8. The van der Waals surface area contributed by atoms with Crippen molar-refractivity contribution in [2.75, 3.05) is 17.7 Å². The molecule has 1 aromatic heterocycles. The number of nitro groups is 1. The molecular weight excluding hydrogens is 250 g/mol. The van der Waals surface area contributed by atoms with Gasteiger partial charge in [0.05, 0.1) is 17.1 Å². The molecule has 0 bridgehead atoms. The number of fused-ring (bicyclic) bond motifs is 1. The fourth-order valence-electron chi connectivity index (χ4n) is 2.80. The zero-order valence-electron chi connectivity index (χ0n) is 10.2. The lowest BCUT2D eigenvalue weighted by Gasteiger charge is -2.45. The minimum atomic E-state index is -0.558. The highest BCUT2D eigenvalue weighted by Crippen LogP contribution is 2.39. The van der Waals surface area contributed by atoms with Crippen LogP contribution in [0.5, 0.6) is 0 Å². The molecule has 2 heterocycles. The van der Waals surface area contributed by atoms with Crippen LogP contribution in [0.2, 0.25) is 0 Å². The Hall–Kier alpha value is -1.93. The lowest BCUT2D eigenvalue weighted by molar-refractivity contribution is -0.384. The monoisotopic (exact) mass is 265 g/mol. The number of nitrogen functional groups attached to an aromatic ring is 1. The first-order valence-electron chi connectivity index (χ1n) is 6.12. The van der Waals surface area contributed by atoms with E-state index in [4.69, 9.17) is 16.2 Å². The number of nitrogens with two attached hydrogens (primary N) is 2. The van der Waals surface area contributed by atoms with Crippen LogP contribution in [0, 0.1) is 16.0 Å². The van der Waals surface area contributed by atoms with E-state index < -0.39 is 4.92 Å². The van der Waals surface area contributed by atoms with Gasteiger partial charge in [-0.05, 0) is 12.5 Å². The van der Waals surface area contributed by atoms with Crippen LogP contribution in [0.4, 0.5) is 17.3 Å². The molecule has 8 heteroatoms. The number of ether oxygens (including phenoxy) is 1. The van der Waals surface area contributed by atoms with E-state index in [1.54, 1.807) is 0 Å². The van der Waals surface area contributed by atoms with Crippen molar-refractivity contribution in [2.45, 2.75) is 24.6 Å². The lowest BCUT2D eigenvalue weighted by Crippen LogP contribution is -2.65. The van der Waals surface area contributed by atoms with E-state index >= 15 is 0 Å². The maximum Gasteiger partial charge on any atom is 0.311 e. The number of hydrogen-bond donors (Lipinski definition) is 3. The van der Waals surface area contributed by atoms with Crippen LogP contribution in [0.1, 0.15) is 6.42 Å². The molecule has 1 aromatic rings. The first-order chi connectivity index (χ1) is 9.08. The van der Waals surface area contributed by atoms with E-state index in [0.717, 1.165) is 13.0 Å². The minimum Gasteiger partial charge on any atom is -0.378 e. The van der Waals surface area contributed by atoms with Gasteiger partial charge in [0.1, 0.15) is 5.82 Å². The van der Waals surface area contributed by atoms with Crippen molar-refractivity contribution in [3.8, 4) is 0 Å². The van der Waals surface area contributed by atoms with Crippen LogP contribution < -0.4 is 16.8 Å². The number of aromatic nitrogens is 1. The molecule has 2 fully saturated rings. The van der Waals surface area contributed by atoms with E-state index in [1.807, 2.05) is 0 Å². The zero-order chi connectivity index (χ0) is 13.6. The van der Waals surface area contributed by atoms with Crippen LogP contribution >= 0.6 is 0 Å². The SMILES string of the molecule is Nc1nc(NC2C(N)C3CCOC32)ccc1[N+](=O)[O-]. The number of anilines is 2. The maximum atomic E-state index is 10.6. The first-order valence-corrected chi connectivity index (χ1v) is 6.12. The molecule has 3 rings (SSSR count). The third kappa shape index (κ3) is 1.89. The quantitative estimate of drug-likeness (QED) is 0.522. The number of hydrogen-bond acceptors (Lipinski definition) is 7. The van der Waals surface area contributed by atoms with E-state index in [2.05, 4.69) is 10.3 Å². The van der Waals surface area contributed by atoms with Crippen LogP contribution in [-0.2, 0) is 4.74 Å². The minimum absolute atomic E-state index is 0.0131. The van der Waals surface area contributed by atoms with Gasteiger partial charge in [-0.1, -0.05) is 0 Å². The highest BCUT2D eigenvalue weighted by Gasteiger charge is 2.52. The predicted octanol–water partition coefficient (Wildman–Crippen LogP) is 0.0985. The standard InChI is InChI=1S/C11H15N5O3/c12-8-5-3-4-19-10(5)9(8)14-7-2-1-6(16(17)18)11(13)15-7/h1-2,5,8-10H,3-4,12H2,(H3,13,14,15).